The van der Waals surface area contributed by atoms with Gasteiger partial charge in [0, 0.05) is 7.05 Å². The molecule has 4 nitrogen and oxygen atoms in total. The van der Waals surface area contributed by atoms with Crippen LogP contribution in [-0.4, -0.2) is 14.2 Å². The summed E-state index contributed by atoms with van der Waals surface area (Å²) in [6.45, 7) is 0. The molecular weight excluding hydrogens is 154 g/mol. The molecule has 0 spiro atoms. The summed E-state index contributed by atoms with van der Waals surface area (Å²) in [7, 11) is 3.35. The summed E-state index contributed by atoms with van der Waals surface area (Å²) in [5, 5.41) is 2.93. The molecular formula is C8H13N3O. The topological polar surface area (TPSA) is 73.3 Å². The number of ether oxygens (including phenoxy) is 1. The molecule has 66 valence electrons. The second-order valence-electron chi connectivity index (χ2n) is 2.39. The monoisotopic (exact) mass is 167 g/mol. The Balaban J connectivity index is 3.20. The second-order valence-corrected chi connectivity index (χ2v) is 2.39. The summed E-state index contributed by atoms with van der Waals surface area (Å²) in [5.41, 5.74) is 13.2. The van der Waals surface area contributed by atoms with Crippen LogP contribution in [0.4, 0.5) is 17.1 Å². The maximum absolute atomic E-state index is 5.70. The molecule has 1 aromatic rings. The van der Waals surface area contributed by atoms with E-state index in [1.165, 1.54) is 0 Å². The lowest BCUT2D eigenvalue weighted by Gasteiger charge is -2.10. The van der Waals surface area contributed by atoms with Gasteiger partial charge in [0.05, 0.1) is 24.2 Å². The Hall–Kier alpha value is -1.58. The molecule has 0 amide bonds. The van der Waals surface area contributed by atoms with E-state index in [0.717, 1.165) is 5.69 Å². The summed E-state index contributed by atoms with van der Waals surface area (Å²) < 4.78 is 4.99. The van der Waals surface area contributed by atoms with E-state index in [1.54, 1.807) is 20.2 Å². The van der Waals surface area contributed by atoms with Crippen LogP contribution in [0.3, 0.4) is 0 Å². The van der Waals surface area contributed by atoms with Crippen molar-refractivity contribution >= 4 is 17.1 Å². The van der Waals surface area contributed by atoms with Gasteiger partial charge in [-0.25, -0.2) is 0 Å². The maximum Gasteiger partial charge on any atom is 0.144 e. The van der Waals surface area contributed by atoms with Crippen molar-refractivity contribution in [1.29, 1.82) is 0 Å². The third-order valence-corrected chi connectivity index (χ3v) is 1.74. The van der Waals surface area contributed by atoms with Crippen molar-refractivity contribution in [2.24, 2.45) is 0 Å². The number of anilines is 3. The molecule has 0 saturated carbocycles. The third-order valence-electron chi connectivity index (χ3n) is 1.74. The van der Waals surface area contributed by atoms with Gasteiger partial charge < -0.3 is 21.5 Å². The number of benzene rings is 1. The van der Waals surface area contributed by atoms with Crippen LogP contribution in [0.25, 0.3) is 0 Å². The molecule has 12 heavy (non-hydrogen) atoms. The first-order chi connectivity index (χ1) is 5.70. The Labute approximate surface area is 71.5 Å². The predicted molar refractivity (Wildman–Crippen MR) is 51.4 cm³/mol. The van der Waals surface area contributed by atoms with E-state index in [2.05, 4.69) is 5.32 Å². The fourth-order valence-electron chi connectivity index (χ4n) is 1.01. The van der Waals surface area contributed by atoms with Crippen LogP contribution in [0.15, 0.2) is 12.1 Å². The highest BCUT2D eigenvalue weighted by Gasteiger charge is 2.05. The molecule has 4 heteroatoms. The third kappa shape index (κ3) is 1.23. The highest BCUT2D eigenvalue weighted by molar-refractivity contribution is 5.83. The van der Waals surface area contributed by atoms with Crippen LogP contribution >= 0.6 is 0 Å². The number of nitrogens with one attached hydrogen (secondary N) is 1. The van der Waals surface area contributed by atoms with Crippen LogP contribution in [-0.2, 0) is 0 Å². The first kappa shape index (κ1) is 8.52. The predicted octanol–water partition coefficient (Wildman–Crippen LogP) is 0.901. The number of nitrogens with two attached hydrogens (primary N) is 2. The fourth-order valence-corrected chi connectivity index (χ4v) is 1.01. The summed E-state index contributed by atoms with van der Waals surface area (Å²) in [5.74, 6) is 0.603. The normalized spacial score (nSPS) is 9.50. The molecule has 0 fully saturated rings. The molecule has 0 radical (unpaired) electrons. The lowest BCUT2D eigenvalue weighted by molar-refractivity contribution is 0.417. The van der Waals surface area contributed by atoms with Crippen molar-refractivity contribution in [3.8, 4) is 5.75 Å². The Morgan fingerprint density at radius 2 is 1.92 bits per heavy atom. The Kier molecular flexibility index (Phi) is 2.28. The van der Waals surface area contributed by atoms with E-state index in [9.17, 15) is 0 Å². The number of hydrogen-bond acceptors (Lipinski definition) is 4. The lowest BCUT2D eigenvalue weighted by atomic mass is 10.2. The molecule has 0 aliphatic carbocycles. The van der Waals surface area contributed by atoms with E-state index < -0.39 is 0 Å². The second kappa shape index (κ2) is 3.21. The van der Waals surface area contributed by atoms with Gasteiger partial charge in [-0.2, -0.15) is 0 Å². The zero-order valence-electron chi connectivity index (χ0n) is 7.22. The highest BCUT2D eigenvalue weighted by atomic mass is 16.5. The number of methoxy groups -OCH3 is 1. The van der Waals surface area contributed by atoms with E-state index >= 15 is 0 Å². The van der Waals surface area contributed by atoms with Gasteiger partial charge in [0.1, 0.15) is 5.75 Å². The van der Waals surface area contributed by atoms with Crippen molar-refractivity contribution < 1.29 is 4.74 Å². The average Bonchev–Trinajstić information content (AvgIpc) is 2.10. The number of hydrogen-bond donors (Lipinski definition) is 3. The van der Waals surface area contributed by atoms with Crippen molar-refractivity contribution in [3.05, 3.63) is 12.1 Å². The fraction of sp³-hybridized carbons (Fsp3) is 0.250. The van der Waals surface area contributed by atoms with E-state index in [1.807, 2.05) is 6.07 Å². The van der Waals surface area contributed by atoms with Gasteiger partial charge in [0.2, 0.25) is 0 Å². The minimum atomic E-state index is 0.476. The summed E-state index contributed by atoms with van der Waals surface area (Å²) in [4.78, 5) is 0. The number of rotatable bonds is 2. The average molecular weight is 167 g/mol. The van der Waals surface area contributed by atoms with Gasteiger partial charge in [0.15, 0.2) is 0 Å². The van der Waals surface area contributed by atoms with Crippen molar-refractivity contribution in [2.45, 2.75) is 0 Å². The Morgan fingerprint density at radius 1 is 1.25 bits per heavy atom. The SMILES string of the molecule is CNc1ccc(OC)c(N)c1N. The van der Waals surface area contributed by atoms with Crippen molar-refractivity contribution in [3.63, 3.8) is 0 Å². The van der Waals surface area contributed by atoms with Crippen LogP contribution in [0, 0.1) is 0 Å². The molecule has 0 heterocycles. The molecule has 1 rings (SSSR count). The Bertz CT molecular complexity index is 257. The van der Waals surface area contributed by atoms with Gasteiger partial charge in [-0.3, -0.25) is 0 Å². The molecule has 0 saturated heterocycles. The van der Waals surface area contributed by atoms with E-state index in [-0.39, 0.29) is 0 Å². The molecule has 0 aliphatic heterocycles. The maximum atomic E-state index is 5.70. The van der Waals surface area contributed by atoms with Crippen molar-refractivity contribution in [2.75, 3.05) is 30.9 Å². The first-order valence-corrected chi connectivity index (χ1v) is 3.60. The molecule has 0 unspecified atom stereocenters. The lowest BCUT2D eigenvalue weighted by Crippen LogP contribution is -2.02. The van der Waals surface area contributed by atoms with Crippen LogP contribution in [0.5, 0.6) is 5.75 Å². The summed E-state index contributed by atoms with van der Waals surface area (Å²) >= 11 is 0. The minimum absolute atomic E-state index is 0.476. The highest BCUT2D eigenvalue weighted by Crippen LogP contribution is 2.32. The minimum Gasteiger partial charge on any atom is -0.495 e. The molecule has 0 aliphatic rings. The molecule has 1 aromatic carbocycles. The zero-order chi connectivity index (χ0) is 9.14. The van der Waals surface area contributed by atoms with E-state index in [4.69, 9.17) is 16.2 Å². The van der Waals surface area contributed by atoms with Gasteiger partial charge in [-0.05, 0) is 12.1 Å². The number of nitrogen functional groups attached to an aromatic ring is 2. The molecule has 5 N–H and O–H groups in total. The summed E-state index contributed by atoms with van der Waals surface area (Å²) in [6.07, 6.45) is 0. The molecule has 0 atom stereocenters. The summed E-state index contributed by atoms with van der Waals surface area (Å²) in [6, 6.07) is 3.60. The quantitative estimate of drug-likeness (QED) is 0.572. The Morgan fingerprint density at radius 3 is 2.42 bits per heavy atom. The van der Waals surface area contributed by atoms with Crippen LogP contribution in [0.1, 0.15) is 0 Å². The van der Waals surface area contributed by atoms with E-state index in [0.29, 0.717) is 17.1 Å². The van der Waals surface area contributed by atoms with Gasteiger partial charge in [-0.15, -0.1) is 0 Å². The van der Waals surface area contributed by atoms with Crippen molar-refractivity contribution in [1.82, 2.24) is 0 Å². The van der Waals surface area contributed by atoms with Crippen LogP contribution < -0.4 is 21.5 Å². The zero-order valence-corrected chi connectivity index (χ0v) is 7.22. The first-order valence-electron chi connectivity index (χ1n) is 3.60. The van der Waals surface area contributed by atoms with Crippen LogP contribution in [0.2, 0.25) is 0 Å². The smallest absolute Gasteiger partial charge is 0.144 e. The van der Waals surface area contributed by atoms with Gasteiger partial charge in [-0.1, -0.05) is 0 Å². The largest absolute Gasteiger partial charge is 0.495 e. The van der Waals surface area contributed by atoms with Gasteiger partial charge in [0.25, 0.3) is 0 Å². The van der Waals surface area contributed by atoms with Gasteiger partial charge >= 0.3 is 0 Å². The standard InChI is InChI=1S/C8H13N3O/c1-11-5-3-4-6(12-2)8(10)7(5)9/h3-4,11H,9-10H2,1-2H3. The molecule has 0 aromatic heterocycles. The molecule has 0 bridgehead atoms.